The molecule has 15 heavy (non-hydrogen) atoms. The maximum Gasteiger partial charge on any atom is 0.466 e. The molecular formula is C9H6BF3O2. The van der Waals surface area contributed by atoms with Gasteiger partial charge in [0.1, 0.15) is 11.6 Å². The zero-order valence-electron chi connectivity index (χ0n) is 7.42. The van der Waals surface area contributed by atoms with E-state index in [-0.39, 0.29) is 5.56 Å². The molecule has 0 amide bonds. The molecule has 2 rings (SSSR count). The lowest BCUT2D eigenvalue weighted by Gasteiger charge is -2.09. The lowest BCUT2D eigenvalue weighted by atomic mass is 9.69. The molecule has 1 aromatic rings. The van der Waals surface area contributed by atoms with Gasteiger partial charge in [-0.15, -0.1) is 0 Å². The van der Waals surface area contributed by atoms with Gasteiger partial charge in [-0.1, -0.05) is 12.1 Å². The van der Waals surface area contributed by atoms with Crippen LogP contribution in [-0.4, -0.2) is 17.2 Å². The summed E-state index contributed by atoms with van der Waals surface area (Å²) in [5.74, 6) is -5.15. The minimum Gasteiger partial charge on any atom is -0.426 e. The van der Waals surface area contributed by atoms with Gasteiger partial charge in [-0.3, -0.25) is 0 Å². The molecule has 0 aliphatic heterocycles. The summed E-state index contributed by atoms with van der Waals surface area (Å²) >= 11 is 0. The van der Waals surface area contributed by atoms with E-state index in [1.165, 1.54) is 12.1 Å². The van der Waals surface area contributed by atoms with Crippen LogP contribution in [0.15, 0.2) is 24.0 Å². The van der Waals surface area contributed by atoms with Crippen LogP contribution >= 0.6 is 0 Å². The standard InChI is InChI=1S/C9H6BF3O2/c11-5-3-1-2-4-6(5)8(12)9(13)7(4)10(14)15/h1-3,7,14-15H. The van der Waals surface area contributed by atoms with Gasteiger partial charge in [-0.2, -0.15) is 0 Å². The predicted octanol–water partition coefficient (Wildman–Crippen LogP) is 1.54. The Hall–Kier alpha value is -1.27. The zero-order chi connectivity index (χ0) is 11.2. The van der Waals surface area contributed by atoms with Crippen LogP contribution in [0.2, 0.25) is 0 Å². The second kappa shape index (κ2) is 3.39. The van der Waals surface area contributed by atoms with E-state index < -0.39 is 36.0 Å². The average Bonchev–Trinajstić information content (AvgIpc) is 2.41. The van der Waals surface area contributed by atoms with Gasteiger partial charge in [0.05, 0.1) is 11.4 Å². The Kier molecular flexibility index (Phi) is 2.32. The van der Waals surface area contributed by atoms with Crippen LogP contribution in [0.1, 0.15) is 16.9 Å². The minimum absolute atomic E-state index is 0.0833. The van der Waals surface area contributed by atoms with Crippen LogP contribution in [0.25, 0.3) is 5.83 Å². The summed E-state index contributed by atoms with van der Waals surface area (Å²) in [6.45, 7) is 0. The van der Waals surface area contributed by atoms with E-state index in [1.54, 1.807) is 0 Å². The maximum absolute atomic E-state index is 13.2. The average molecular weight is 214 g/mol. The molecule has 1 aromatic carbocycles. The van der Waals surface area contributed by atoms with Crippen LogP contribution in [0.4, 0.5) is 13.2 Å². The third kappa shape index (κ3) is 1.37. The van der Waals surface area contributed by atoms with Crippen molar-refractivity contribution in [2.24, 2.45) is 0 Å². The first-order valence-electron chi connectivity index (χ1n) is 4.24. The predicted molar refractivity (Wildman–Crippen MR) is 48.5 cm³/mol. The number of benzene rings is 1. The van der Waals surface area contributed by atoms with Crippen molar-refractivity contribution in [3.8, 4) is 0 Å². The Bertz CT molecular complexity index is 445. The molecule has 0 aromatic heterocycles. The molecule has 0 heterocycles. The van der Waals surface area contributed by atoms with Gasteiger partial charge in [-0.25, -0.2) is 13.2 Å². The first-order chi connectivity index (χ1) is 7.04. The van der Waals surface area contributed by atoms with Crippen molar-refractivity contribution in [3.05, 3.63) is 41.0 Å². The van der Waals surface area contributed by atoms with Crippen molar-refractivity contribution < 1.29 is 23.2 Å². The first-order valence-corrected chi connectivity index (χ1v) is 4.24. The van der Waals surface area contributed by atoms with Crippen molar-refractivity contribution in [1.29, 1.82) is 0 Å². The summed E-state index contributed by atoms with van der Waals surface area (Å²) in [6, 6.07) is 3.50. The fraction of sp³-hybridized carbons (Fsp3) is 0.111. The molecule has 1 aliphatic rings. The van der Waals surface area contributed by atoms with Gasteiger partial charge in [0.2, 0.25) is 0 Å². The van der Waals surface area contributed by atoms with Gasteiger partial charge in [0.15, 0.2) is 5.83 Å². The second-order valence-electron chi connectivity index (χ2n) is 3.26. The fourth-order valence-corrected chi connectivity index (χ4v) is 1.72. The number of fused-ring (bicyclic) bond motifs is 1. The summed E-state index contributed by atoms with van der Waals surface area (Å²) in [7, 11) is -2.08. The lowest BCUT2D eigenvalue weighted by molar-refractivity contribution is 0.385. The molecule has 0 saturated carbocycles. The summed E-state index contributed by atoms with van der Waals surface area (Å²) in [4.78, 5) is 0. The molecule has 0 bridgehead atoms. The molecule has 0 saturated heterocycles. The van der Waals surface area contributed by atoms with E-state index >= 15 is 0 Å². The Balaban J connectivity index is 2.65. The maximum atomic E-state index is 13.2. The molecule has 2 N–H and O–H groups in total. The van der Waals surface area contributed by atoms with Gasteiger partial charge in [0, 0.05) is 0 Å². The number of allylic oxidation sites excluding steroid dienone is 1. The molecule has 0 radical (unpaired) electrons. The summed E-state index contributed by atoms with van der Waals surface area (Å²) in [5, 5.41) is 17.7. The fourth-order valence-electron chi connectivity index (χ4n) is 1.72. The minimum atomic E-state index is -2.08. The monoisotopic (exact) mass is 214 g/mol. The van der Waals surface area contributed by atoms with E-state index in [9.17, 15) is 13.2 Å². The molecular weight excluding hydrogens is 208 g/mol. The molecule has 6 heteroatoms. The summed E-state index contributed by atoms with van der Waals surface area (Å²) in [5.41, 5.74) is -0.604. The highest BCUT2D eigenvalue weighted by atomic mass is 19.2. The number of rotatable bonds is 1. The smallest absolute Gasteiger partial charge is 0.426 e. The van der Waals surface area contributed by atoms with E-state index in [0.29, 0.717) is 0 Å². The molecule has 1 atom stereocenters. The molecule has 0 spiro atoms. The highest BCUT2D eigenvalue weighted by molar-refractivity contribution is 6.45. The van der Waals surface area contributed by atoms with Crippen LogP contribution in [0, 0.1) is 5.82 Å². The normalized spacial score (nSPS) is 19.4. The molecule has 0 fully saturated rings. The third-order valence-corrected chi connectivity index (χ3v) is 2.38. The van der Waals surface area contributed by atoms with Crippen LogP contribution in [0.5, 0.6) is 0 Å². The highest BCUT2D eigenvalue weighted by Gasteiger charge is 2.41. The molecule has 78 valence electrons. The first kappa shape index (κ1) is 10.3. The van der Waals surface area contributed by atoms with Gasteiger partial charge < -0.3 is 10.0 Å². The van der Waals surface area contributed by atoms with Crippen molar-refractivity contribution >= 4 is 12.9 Å². The largest absolute Gasteiger partial charge is 0.466 e. The van der Waals surface area contributed by atoms with Gasteiger partial charge in [0.25, 0.3) is 0 Å². The SMILES string of the molecule is OB(O)C1C(F)=C(F)c2c(F)cccc21. The lowest BCUT2D eigenvalue weighted by Crippen LogP contribution is -2.22. The molecule has 2 nitrogen and oxygen atoms in total. The van der Waals surface area contributed by atoms with E-state index in [4.69, 9.17) is 10.0 Å². The highest BCUT2D eigenvalue weighted by Crippen LogP contribution is 2.44. The van der Waals surface area contributed by atoms with Crippen molar-refractivity contribution in [2.75, 3.05) is 0 Å². The van der Waals surface area contributed by atoms with Crippen LogP contribution in [0.3, 0.4) is 0 Å². The van der Waals surface area contributed by atoms with E-state index in [2.05, 4.69) is 0 Å². The molecule has 1 unspecified atom stereocenters. The van der Waals surface area contributed by atoms with E-state index in [1.807, 2.05) is 0 Å². The van der Waals surface area contributed by atoms with Crippen LogP contribution in [-0.2, 0) is 0 Å². The van der Waals surface area contributed by atoms with Crippen LogP contribution < -0.4 is 0 Å². The van der Waals surface area contributed by atoms with Crippen molar-refractivity contribution in [2.45, 2.75) is 5.82 Å². The van der Waals surface area contributed by atoms with Gasteiger partial charge in [-0.05, 0) is 11.6 Å². The topological polar surface area (TPSA) is 40.5 Å². The summed E-state index contributed by atoms with van der Waals surface area (Å²) in [6.07, 6.45) is 0. The number of hydrogen-bond acceptors (Lipinski definition) is 2. The van der Waals surface area contributed by atoms with Gasteiger partial charge >= 0.3 is 7.12 Å². The van der Waals surface area contributed by atoms with Crippen molar-refractivity contribution in [1.82, 2.24) is 0 Å². The third-order valence-electron chi connectivity index (χ3n) is 2.38. The Labute approximate surface area is 83.8 Å². The quantitative estimate of drug-likeness (QED) is 0.696. The Morgan fingerprint density at radius 2 is 1.80 bits per heavy atom. The van der Waals surface area contributed by atoms with E-state index in [0.717, 1.165) is 6.07 Å². The van der Waals surface area contributed by atoms with Crippen molar-refractivity contribution in [3.63, 3.8) is 0 Å². The second-order valence-corrected chi connectivity index (χ2v) is 3.26. The summed E-state index contributed by atoms with van der Waals surface area (Å²) < 4.78 is 39.6. The molecule has 1 aliphatic carbocycles. The zero-order valence-corrected chi connectivity index (χ0v) is 7.42. The Morgan fingerprint density at radius 1 is 1.13 bits per heavy atom. The number of halogens is 3. The number of hydrogen-bond donors (Lipinski definition) is 2. The Morgan fingerprint density at radius 3 is 2.40 bits per heavy atom.